The molecule has 0 atom stereocenters. The summed E-state index contributed by atoms with van der Waals surface area (Å²) in [5, 5.41) is 1.88. The summed E-state index contributed by atoms with van der Waals surface area (Å²) in [4.78, 5) is -0.0281. The first-order chi connectivity index (χ1) is 8.02. The normalized spacial score (nSPS) is 11.2. The Hall–Kier alpha value is -0.390. The van der Waals surface area contributed by atoms with Crippen molar-refractivity contribution < 1.29 is 44.0 Å². The summed E-state index contributed by atoms with van der Waals surface area (Å²) in [6, 6.07) is 10.7. The van der Waals surface area contributed by atoms with Gasteiger partial charge in [-0.15, -0.1) is 0 Å². The SMILES string of the molecule is CCCc1cc(S(=O)(=O)O)cc2ccccc12.[H-].[Na+]. The van der Waals surface area contributed by atoms with Crippen LogP contribution in [0.2, 0.25) is 0 Å². The van der Waals surface area contributed by atoms with Gasteiger partial charge in [0.2, 0.25) is 0 Å². The van der Waals surface area contributed by atoms with Crippen molar-refractivity contribution in [3.63, 3.8) is 0 Å². The maximum atomic E-state index is 11.2. The van der Waals surface area contributed by atoms with E-state index in [1.165, 1.54) is 6.07 Å². The third-order valence-electron chi connectivity index (χ3n) is 2.74. The topological polar surface area (TPSA) is 54.4 Å². The molecule has 0 fully saturated rings. The van der Waals surface area contributed by atoms with Gasteiger partial charge in [-0.1, -0.05) is 37.6 Å². The molecule has 0 saturated heterocycles. The maximum absolute atomic E-state index is 11.2. The van der Waals surface area contributed by atoms with Crippen molar-refractivity contribution >= 4 is 20.9 Å². The number of hydrogen-bond donors (Lipinski definition) is 1. The van der Waals surface area contributed by atoms with Gasteiger partial charge in [-0.25, -0.2) is 0 Å². The van der Waals surface area contributed by atoms with E-state index in [1.54, 1.807) is 6.07 Å². The zero-order valence-corrected chi connectivity index (χ0v) is 13.4. The molecule has 2 aromatic rings. The van der Waals surface area contributed by atoms with E-state index in [0.717, 1.165) is 29.2 Å². The largest absolute Gasteiger partial charge is 1.00 e. The smallest absolute Gasteiger partial charge is 1.00 e. The molecule has 0 radical (unpaired) electrons. The fourth-order valence-corrected chi connectivity index (χ4v) is 2.55. The number of benzene rings is 2. The van der Waals surface area contributed by atoms with Crippen LogP contribution < -0.4 is 29.6 Å². The Labute approximate surface area is 131 Å². The van der Waals surface area contributed by atoms with Crippen molar-refractivity contribution in [2.24, 2.45) is 0 Å². The van der Waals surface area contributed by atoms with E-state index in [0.29, 0.717) is 0 Å². The minimum Gasteiger partial charge on any atom is -1.00 e. The van der Waals surface area contributed by atoms with E-state index in [2.05, 4.69) is 0 Å². The van der Waals surface area contributed by atoms with E-state index >= 15 is 0 Å². The van der Waals surface area contributed by atoms with Gasteiger partial charge in [-0.05, 0) is 34.9 Å². The molecule has 2 aromatic carbocycles. The molecule has 0 bridgehead atoms. The minimum atomic E-state index is -4.14. The zero-order chi connectivity index (χ0) is 12.5. The first kappa shape index (κ1) is 15.7. The van der Waals surface area contributed by atoms with Crippen molar-refractivity contribution in [1.29, 1.82) is 0 Å². The van der Waals surface area contributed by atoms with Crippen molar-refractivity contribution in [3.05, 3.63) is 42.0 Å². The van der Waals surface area contributed by atoms with Gasteiger partial charge in [0, 0.05) is 0 Å². The molecule has 0 unspecified atom stereocenters. The molecule has 0 spiro atoms. The van der Waals surface area contributed by atoms with Crippen LogP contribution in [-0.4, -0.2) is 13.0 Å². The molecule has 2 rings (SSSR count). The van der Waals surface area contributed by atoms with Gasteiger partial charge in [-0.2, -0.15) is 8.42 Å². The van der Waals surface area contributed by atoms with Crippen LogP contribution in [0.3, 0.4) is 0 Å². The van der Waals surface area contributed by atoms with Crippen LogP contribution in [0.4, 0.5) is 0 Å². The molecule has 0 aliphatic rings. The van der Waals surface area contributed by atoms with Crippen LogP contribution in [0.15, 0.2) is 41.3 Å². The van der Waals surface area contributed by atoms with Crippen molar-refractivity contribution in [2.45, 2.75) is 24.7 Å². The van der Waals surface area contributed by atoms with E-state index in [1.807, 2.05) is 31.2 Å². The molecule has 5 heteroatoms. The van der Waals surface area contributed by atoms with Gasteiger partial charge in [0.15, 0.2) is 0 Å². The molecule has 0 aliphatic carbocycles. The Balaban J connectivity index is 0.00000162. The average Bonchev–Trinajstić information content (AvgIpc) is 2.28. The van der Waals surface area contributed by atoms with E-state index in [9.17, 15) is 8.42 Å². The van der Waals surface area contributed by atoms with Crippen LogP contribution in [-0.2, 0) is 16.5 Å². The third-order valence-corrected chi connectivity index (χ3v) is 3.57. The van der Waals surface area contributed by atoms with E-state index in [4.69, 9.17) is 4.55 Å². The molecule has 0 aliphatic heterocycles. The first-order valence-electron chi connectivity index (χ1n) is 5.51. The number of fused-ring (bicyclic) bond motifs is 1. The van der Waals surface area contributed by atoms with Crippen LogP contribution in [0, 0.1) is 0 Å². The maximum Gasteiger partial charge on any atom is 1.00 e. The van der Waals surface area contributed by atoms with Crippen molar-refractivity contribution in [2.75, 3.05) is 0 Å². The molecule has 1 N–H and O–H groups in total. The van der Waals surface area contributed by atoms with Crippen LogP contribution >= 0.6 is 0 Å². The van der Waals surface area contributed by atoms with Gasteiger partial charge < -0.3 is 1.43 Å². The Morgan fingerprint density at radius 3 is 2.50 bits per heavy atom. The number of rotatable bonds is 3. The molecule has 0 heterocycles. The quantitative estimate of drug-likeness (QED) is 0.640. The second-order valence-corrected chi connectivity index (χ2v) is 5.45. The monoisotopic (exact) mass is 274 g/mol. The summed E-state index contributed by atoms with van der Waals surface area (Å²) in [6.45, 7) is 2.04. The van der Waals surface area contributed by atoms with Crippen molar-refractivity contribution in [1.82, 2.24) is 0 Å². The molecule has 0 amide bonds. The van der Waals surface area contributed by atoms with E-state index in [-0.39, 0.29) is 35.9 Å². The molecule has 0 saturated carbocycles. The Morgan fingerprint density at radius 2 is 1.89 bits per heavy atom. The van der Waals surface area contributed by atoms with Gasteiger partial charge in [0.1, 0.15) is 0 Å². The molecular weight excluding hydrogens is 259 g/mol. The van der Waals surface area contributed by atoms with Gasteiger partial charge in [0.25, 0.3) is 10.1 Å². The molecular formula is C13H15NaO3S. The summed E-state index contributed by atoms with van der Waals surface area (Å²) in [7, 11) is -4.14. The molecule has 92 valence electrons. The summed E-state index contributed by atoms with van der Waals surface area (Å²) in [6.07, 6.45) is 1.72. The fourth-order valence-electron chi connectivity index (χ4n) is 1.98. The summed E-state index contributed by atoms with van der Waals surface area (Å²) in [5.74, 6) is 0. The second-order valence-electron chi connectivity index (χ2n) is 4.03. The van der Waals surface area contributed by atoms with Gasteiger partial charge in [-0.3, -0.25) is 4.55 Å². The zero-order valence-electron chi connectivity index (χ0n) is 11.6. The third kappa shape index (κ3) is 3.33. The summed E-state index contributed by atoms with van der Waals surface area (Å²) < 4.78 is 31.5. The van der Waals surface area contributed by atoms with Crippen LogP contribution in [0.5, 0.6) is 0 Å². The molecule has 0 aromatic heterocycles. The van der Waals surface area contributed by atoms with Crippen LogP contribution in [0.25, 0.3) is 10.8 Å². The fraction of sp³-hybridized carbons (Fsp3) is 0.231. The van der Waals surface area contributed by atoms with E-state index < -0.39 is 10.1 Å². The Bertz CT molecular complexity index is 656. The predicted molar refractivity (Wildman–Crippen MR) is 68.9 cm³/mol. The molecule has 3 nitrogen and oxygen atoms in total. The van der Waals surface area contributed by atoms with Crippen LogP contribution in [0.1, 0.15) is 20.3 Å². The summed E-state index contributed by atoms with van der Waals surface area (Å²) in [5.41, 5.74) is 0.957. The summed E-state index contributed by atoms with van der Waals surface area (Å²) >= 11 is 0. The Kier molecular flexibility index (Phi) is 5.37. The Morgan fingerprint density at radius 1 is 1.22 bits per heavy atom. The number of hydrogen-bond acceptors (Lipinski definition) is 2. The molecule has 18 heavy (non-hydrogen) atoms. The van der Waals surface area contributed by atoms with Gasteiger partial charge >= 0.3 is 29.6 Å². The first-order valence-corrected chi connectivity index (χ1v) is 6.95. The predicted octanol–water partition coefficient (Wildman–Crippen LogP) is 0.156. The second kappa shape index (κ2) is 6.17. The van der Waals surface area contributed by atoms with Gasteiger partial charge in [0.05, 0.1) is 4.90 Å². The number of aryl methyl sites for hydroxylation is 1. The minimum absolute atomic E-state index is 0. The average molecular weight is 274 g/mol. The standard InChI is InChI=1S/C13H14O3S.Na.H/c1-2-5-10-8-12(17(14,15)16)9-11-6-3-4-7-13(10)11;;/h3-4,6-9H,2,5H2,1H3,(H,14,15,16);;/q;+1;-1. The van der Waals surface area contributed by atoms with Crippen molar-refractivity contribution in [3.8, 4) is 0 Å².